The lowest BCUT2D eigenvalue weighted by atomic mass is 10.0. The van der Waals surface area contributed by atoms with Crippen LogP contribution in [0.2, 0.25) is 5.02 Å². The zero-order valence-corrected chi connectivity index (χ0v) is 17.9. The Hall–Kier alpha value is -2.50. The Labute approximate surface area is 182 Å². The van der Waals surface area contributed by atoms with Crippen molar-refractivity contribution in [1.82, 2.24) is 14.8 Å². The number of carbonyl (C=O) groups excluding carboxylic acids is 1. The number of ether oxygens (including phenoxy) is 1. The number of halogens is 1. The van der Waals surface area contributed by atoms with Gasteiger partial charge in [-0.05, 0) is 42.5 Å². The normalized spacial score (nSPS) is 13.5. The van der Waals surface area contributed by atoms with Crippen molar-refractivity contribution in [2.45, 2.75) is 58.3 Å². The predicted molar refractivity (Wildman–Crippen MR) is 116 cm³/mol. The minimum absolute atomic E-state index is 0.188. The first-order chi connectivity index (χ1) is 14.6. The number of rotatable bonds is 10. The molecule has 1 fully saturated rings. The maximum absolute atomic E-state index is 12.6. The molecule has 0 N–H and O–H groups in total. The molecule has 0 amide bonds. The van der Waals surface area contributed by atoms with Crippen LogP contribution in [0.25, 0.3) is 0 Å². The third-order valence-electron chi connectivity index (χ3n) is 5.49. The lowest BCUT2D eigenvalue weighted by Gasteiger charge is -2.10. The number of ketones is 1. The summed E-state index contributed by atoms with van der Waals surface area (Å²) in [6.45, 7) is 2.93. The van der Waals surface area contributed by atoms with E-state index in [-0.39, 0.29) is 5.78 Å². The van der Waals surface area contributed by atoms with Gasteiger partial charge in [0.15, 0.2) is 5.82 Å². The summed E-state index contributed by atoms with van der Waals surface area (Å²) >= 11 is 6.17. The molecule has 1 aromatic heterocycles. The minimum atomic E-state index is 0.188. The van der Waals surface area contributed by atoms with Gasteiger partial charge in [-0.15, -0.1) is 10.2 Å². The molecule has 1 heterocycles. The summed E-state index contributed by atoms with van der Waals surface area (Å²) < 4.78 is 8.05. The maximum atomic E-state index is 12.6. The zero-order chi connectivity index (χ0) is 20.9. The summed E-state index contributed by atoms with van der Waals surface area (Å²) in [7, 11) is 0. The van der Waals surface area contributed by atoms with Crippen LogP contribution in [0.3, 0.4) is 0 Å². The second kappa shape index (κ2) is 9.54. The van der Waals surface area contributed by atoms with Gasteiger partial charge in [0.2, 0.25) is 0 Å². The number of hydrogen-bond donors (Lipinski definition) is 0. The van der Waals surface area contributed by atoms with E-state index >= 15 is 0 Å². The van der Waals surface area contributed by atoms with Crippen molar-refractivity contribution < 1.29 is 9.53 Å². The van der Waals surface area contributed by atoms with Crippen LogP contribution in [0.5, 0.6) is 0 Å². The first-order valence-corrected chi connectivity index (χ1v) is 10.8. The molecule has 6 heteroatoms. The minimum Gasteiger partial charge on any atom is -0.369 e. The smallest absolute Gasteiger partial charge is 0.159 e. The van der Waals surface area contributed by atoms with Crippen LogP contribution in [-0.4, -0.2) is 20.5 Å². The summed E-state index contributed by atoms with van der Waals surface area (Å²) in [5.41, 5.74) is 3.11. The second-order valence-electron chi connectivity index (χ2n) is 7.85. The Morgan fingerprint density at radius 3 is 2.60 bits per heavy atom. The molecule has 3 aromatic rings. The Morgan fingerprint density at radius 2 is 1.83 bits per heavy atom. The van der Waals surface area contributed by atoms with E-state index in [2.05, 4.69) is 14.8 Å². The molecule has 156 valence electrons. The van der Waals surface area contributed by atoms with Crippen LogP contribution in [0.1, 0.15) is 53.6 Å². The molecule has 1 saturated carbocycles. The number of nitrogens with zero attached hydrogens (tertiary/aromatic N) is 3. The summed E-state index contributed by atoms with van der Waals surface area (Å²) in [5, 5.41) is 9.43. The Bertz CT molecular complexity index is 1010. The van der Waals surface area contributed by atoms with Crippen LogP contribution in [-0.2, 0) is 35.6 Å². The third-order valence-corrected chi connectivity index (χ3v) is 5.90. The number of benzene rings is 2. The molecule has 30 heavy (non-hydrogen) atoms. The van der Waals surface area contributed by atoms with Gasteiger partial charge in [0.05, 0.1) is 6.61 Å². The average molecular weight is 424 g/mol. The van der Waals surface area contributed by atoms with E-state index in [1.807, 2.05) is 55.5 Å². The number of aromatic nitrogens is 3. The number of Topliss-reactive ketones (excluding diaryl/α,β-unsaturated/α-hetero) is 1. The van der Waals surface area contributed by atoms with Crippen molar-refractivity contribution in [2.24, 2.45) is 0 Å². The van der Waals surface area contributed by atoms with Crippen molar-refractivity contribution in [3.8, 4) is 0 Å². The molecule has 0 bridgehead atoms. The molecule has 0 saturated heterocycles. The van der Waals surface area contributed by atoms with Gasteiger partial charge in [0.25, 0.3) is 0 Å². The predicted octanol–water partition coefficient (Wildman–Crippen LogP) is 5.04. The highest BCUT2D eigenvalue weighted by atomic mass is 35.5. The fraction of sp³-hybridized carbons (Fsp3) is 0.375. The molecule has 0 unspecified atom stereocenters. The zero-order valence-electron chi connectivity index (χ0n) is 17.2. The van der Waals surface area contributed by atoms with E-state index in [4.69, 9.17) is 16.3 Å². The number of aryl methyl sites for hydroxylation is 1. The van der Waals surface area contributed by atoms with Gasteiger partial charge in [-0.25, -0.2) is 0 Å². The van der Waals surface area contributed by atoms with Crippen molar-refractivity contribution in [2.75, 3.05) is 0 Å². The van der Waals surface area contributed by atoms with Crippen LogP contribution < -0.4 is 0 Å². The third kappa shape index (κ3) is 5.15. The first-order valence-electron chi connectivity index (χ1n) is 10.4. The first kappa shape index (κ1) is 20.8. The summed E-state index contributed by atoms with van der Waals surface area (Å²) in [6, 6.07) is 16.2. The fourth-order valence-electron chi connectivity index (χ4n) is 3.61. The maximum Gasteiger partial charge on any atom is 0.159 e. The molecule has 0 spiro atoms. The quantitative estimate of drug-likeness (QED) is 0.458. The van der Waals surface area contributed by atoms with Crippen molar-refractivity contribution in [3.63, 3.8) is 0 Å². The summed E-state index contributed by atoms with van der Waals surface area (Å²) in [4.78, 5) is 12.6. The SMILES string of the molecule is Cc1c(Cl)cccc1CC(=O)CCc1nnc(COCc2ccccc2)n1C1CC1. The highest BCUT2D eigenvalue weighted by Crippen LogP contribution is 2.37. The molecule has 0 radical (unpaired) electrons. The van der Waals surface area contributed by atoms with Gasteiger partial charge in [0.1, 0.15) is 18.2 Å². The molecule has 5 nitrogen and oxygen atoms in total. The second-order valence-corrected chi connectivity index (χ2v) is 8.26. The van der Waals surface area contributed by atoms with E-state index in [0.29, 0.717) is 43.5 Å². The van der Waals surface area contributed by atoms with Crippen molar-refractivity contribution >= 4 is 17.4 Å². The molecular weight excluding hydrogens is 398 g/mol. The van der Waals surface area contributed by atoms with Gasteiger partial charge >= 0.3 is 0 Å². The number of carbonyl (C=O) groups is 1. The average Bonchev–Trinajstić information content (AvgIpc) is 3.51. The van der Waals surface area contributed by atoms with Crippen molar-refractivity contribution in [1.29, 1.82) is 0 Å². The molecule has 2 aromatic carbocycles. The topological polar surface area (TPSA) is 57.0 Å². The molecule has 0 aliphatic heterocycles. The molecule has 0 atom stereocenters. The summed E-state index contributed by atoms with van der Waals surface area (Å²) in [6.07, 6.45) is 3.71. The van der Waals surface area contributed by atoms with Gasteiger partial charge in [-0.1, -0.05) is 54.1 Å². The van der Waals surface area contributed by atoms with Gasteiger partial charge in [-0.2, -0.15) is 0 Å². The Kier molecular flexibility index (Phi) is 6.60. The lowest BCUT2D eigenvalue weighted by Crippen LogP contribution is -2.11. The van der Waals surface area contributed by atoms with E-state index < -0.39 is 0 Å². The monoisotopic (exact) mass is 423 g/mol. The Balaban J connectivity index is 1.35. The van der Waals surface area contributed by atoms with Crippen molar-refractivity contribution in [3.05, 3.63) is 81.9 Å². The van der Waals surface area contributed by atoms with Gasteiger partial charge in [-0.3, -0.25) is 4.79 Å². The molecule has 4 rings (SSSR count). The van der Waals surface area contributed by atoms with Crippen LogP contribution in [0, 0.1) is 6.92 Å². The van der Waals surface area contributed by atoms with E-state index in [1.165, 1.54) is 0 Å². The summed E-state index contributed by atoms with van der Waals surface area (Å²) in [5.74, 6) is 1.92. The molecule has 1 aliphatic carbocycles. The van der Waals surface area contributed by atoms with E-state index in [9.17, 15) is 4.79 Å². The fourth-order valence-corrected chi connectivity index (χ4v) is 3.81. The van der Waals surface area contributed by atoms with Gasteiger partial charge < -0.3 is 9.30 Å². The molecule has 1 aliphatic rings. The highest BCUT2D eigenvalue weighted by Gasteiger charge is 2.29. The Morgan fingerprint density at radius 1 is 1.07 bits per heavy atom. The van der Waals surface area contributed by atoms with Gasteiger partial charge in [0, 0.05) is 30.3 Å². The van der Waals surface area contributed by atoms with E-state index in [1.54, 1.807) is 0 Å². The largest absolute Gasteiger partial charge is 0.369 e. The van der Waals surface area contributed by atoms with Crippen LogP contribution in [0.4, 0.5) is 0 Å². The van der Waals surface area contributed by atoms with Crippen LogP contribution >= 0.6 is 11.6 Å². The lowest BCUT2D eigenvalue weighted by molar-refractivity contribution is -0.118. The highest BCUT2D eigenvalue weighted by molar-refractivity contribution is 6.31. The molecular formula is C24H26ClN3O2. The number of hydrogen-bond acceptors (Lipinski definition) is 4. The standard InChI is InChI=1S/C24H26ClN3O2/c1-17-19(8-5-9-22(17)25)14-21(29)12-13-23-26-27-24(28(23)20-10-11-20)16-30-15-18-6-3-2-4-7-18/h2-9,20H,10-16H2,1H3. The van der Waals surface area contributed by atoms with E-state index in [0.717, 1.165) is 41.2 Å². The van der Waals surface area contributed by atoms with Crippen LogP contribution in [0.15, 0.2) is 48.5 Å².